The Hall–Kier alpha value is -2.23. The normalized spacial score (nSPS) is 23.6. The molecule has 1 amide bonds. The molecule has 0 spiro atoms. The lowest BCUT2D eigenvalue weighted by Gasteiger charge is -2.48. The van der Waals surface area contributed by atoms with Crippen LogP contribution in [0.1, 0.15) is 31.0 Å². The number of hydrogen-bond acceptors (Lipinski definition) is 5. The van der Waals surface area contributed by atoms with Crippen molar-refractivity contribution in [3.63, 3.8) is 0 Å². The Balaban J connectivity index is 1.59. The maximum absolute atomic E-state index is 13.1. The summed E-state index contributed by atoms with van der Waals surface area (Å²) in [5.41, 5.74) is -3.94. The van der Waals surface area contributed by atoms with Gasteiger partial charge in [-0.15, -0.1) is 0 Å². The van der Waals surface area contributed by atoms with Crippen LogP contribution in [0.3, 0.4) is 0 Å². The van der Waals surface area contributed by atoms with Crippen molar-refractivity contribution in [3.05, 3.63) is 59.7 Å². The van der Waals surface area contributed by atoms with Crippen molar-refractivity contribution in [2.45, 2.75) is 48.5 Å². The Morgan fingerprint density at radius 2 is 1.88 bits per heavy atom. The lowest BCUT2D eigenvalue weighted by atomic mass is 9.85. The van der Waals surface area contributed by atoms with Crippen LogP contribution in [0.4, 0.5) is 13.2 Å². The van der Waals surface area contributed by atoms with E-state index in [1.54, 1.807) is 18.7 Å². The monoisotopic (exact) mass is 466 g/mol. The van der Waals surface area contributed by atoms with Gasteiger partial charge in [0, 0.05) is 30.1 Å². The standard InChI is InChI=1S/C23H25F3N2O3S/c1-22(2)21(30)20(17-12-16(32-23(24,25)26)8-9-18(17)31-22)28-11-10-27(14-19(28)29)13-15-6-4-3-5-7-15/h3-9,12,20-21,30H,10-11,13-14H2,1-2H3. The number of carbonyl (C=O) groups is 1. The molecule has 2 heterocycles. The van der Waals surface area contributed by atoms with E-state index >= 15 is 0 Å². The SMILES string of the molecule is CC1(C)Oc2ccc(SC(F)(F)F)cc2C(N2CCN(Cc3ccccc3)CC2=O)C1O. The first-order valence-corrected chi connectivity index (χ1v) is 11.2. The van der Waals surface area contributed by atoms with Crippen molar-refractivity contribution >= 4 is 17.7 Å². The first kappa shape index (κ1) is 22.9. The largest absolute Gasteiger partial charge is 0.485 e. The summed E-state index contributed by atoms with van der Waals surface area (Å²) in [4.78, 5) is 16.7. The third-order valence-electron chi connectivity index (χ3n) is 5.84. The highest BCUT2D eigenvalue weighted by Crippen LogP contribution is 2.46. The van der Waals surface area contributed by atoms with E-state index < -0.39 is 23.3 Å². The Morgan fingerprint density at radius 1 is 1.16 bits per heavy atom. The molecule has 2 aromatic rings. The summed E-state index contributed by atoms with van der Waals surface area (Å²) >= 11 is -0.223. The number of piperazine rings is 1. The van der Waals surface area contributed by atoms with Crippen molar-refractivity contribution in [1.29, 1.82) is 0 Å². The maximum atomic E-state index is 13.1. The fourth-order valence-corrected chi connectivity index (χ4v) is 4.88. The molecule has 2 aromatic carbocycles. The third kappa shape index (κ3) is 4.89. The molecular weight excluding hydrogens is 441 g/mol. The summed E-state index contributed by atoms with van der Waals surface area (Å²) < 4.78 is 44.6. The molecule has 2 unspecified atom stereocenters. The van der Waals surface area contributed by atoms with Gasteiger partial charge in [0.15, 0.2) is 0 Å². The number of benzene rings is 2. The number of nitrogens with zero attached hydrogens (tertiary/aromatic N) is 2. The molecular formula is C23H25F3N2O3S. The Labute approximate surface area is 189 Å². The van der Waals surface area contributed by atoms with E-state index in [-0.39, 0.29) is 29.1 Å². The van der Waals surface area contributed by atoms with Crippen molar-refractivity contribution < 1.29 is 27.8 Å². The highest BCUT2D eigenvalue weighted by atomic mass is 32.2. The van der Waals surface area contributed by atoms with Gasteiger partial charge in [-0.2, -0.15) is 13.2 Å². The van der Waals surface area contributed by atoms with Gasteiger partial charge in [0.05, 0.1) is 12.6 Å². The summed E-state index contributed by atoms with van der Waals surface area (Å²) in [6.45, 7) is 5.18. The number of fused-ring (bicyclic) bond motifs is 1. The van der Waals surface area contributed by atoms with Gasteiger partial charge in [0.1, 0.15) is 17.5 Å². The van der Waals surface area contributed by atoms with Crippen LogP contribution < -0.4 is 4.74 Å². The highest BCUT2D eigenvalue weighted by molar-refractivity contribution is 8.00. The number of aliphatic hydroxyl groups excluding tert-OH is 1. The predicted molar refractivity (Wildman–Crippen MR) is 115 cm³/mol. The lowest BCUT2D eigenvalue weighted by Crippen LogP contribution is -2.59. The fourth-order valence-electron chi connectivity index (χ4n) is 4.29. The smallest absolute Gasteiger partial charge is 0.446 e. The topological polar surface area (TPSA) is 53.0 Å². The van der Waals surface area contributed by atoms with E-state index in [1.807, 2.05) is 35.2 Å². The molecule has 9 heteroatoms. The molecule has 4 rings (SSSR count). The zero-order valence-corrected chi connectivity index (χ0v) is 18.6. The zero-order valence-electron chi connectivity index (χ0n) is 17.8. The number of halogens is 3. The fraction of sp³-hybridized carbons (Fsp3) is 0.435. The van der Waals surface area contributed by atoms with Crippen LogP contribution in [0.5, 0.6) is 5.75 Å². The minimum absolute atomic E-state index is 0.00748. The van der Waals surface area contributed by atoms with Gasteiger partial charge in [0.25, 0.3) is 0 Å². The number of carbonyl (C=O) groups excluding carboxylic acids is 1. The number of ether oxygens (including phenoxy) is 1. The lowest BCUT2D eigenvalue weighted by molar-refractivity contribution is -0.150. The minimum atomic E-state index is -4.43. The van der Waals surface area contributed by atoms with Gasteiger partial charge in [-0.05, 0) is 49.4 Å². The van der Waals surface area contributed by atoms with E-state index in [1.165, 1.54) is 18.2 Å². The number of aliphatic hydroxyl groups is 1. The van der Waals surface area contributed by atoms with Gasteiger partial charge < -0.3 is 14.7 Å². The van der Waals surface area contributed by atoms with Crippen LogP contribution in [0.2, 0.25) is 0 Å². The van der Waals surface area contributed by atoms with E-state index in [2.05, 4.69) is 0 Å². The highest BCUT2D eigenvalue weighted by Gasteiger charge is 2.47. The van der Waals surface area contributed by atoms with Gasteiger partial charge in [-0.1, -0.05) is 30.3 Å². The second-order valence-electron chi connectivity index (χ2n) is 8.63. The summed E-state index contributed by atoms with van der Waals surface area (Å²) in [5, 5.41) is 11.1. The second kappa shape index (κ2) is 8.61. The van der Waals surface area contributed by atoms with Gasteiger partial charge in [-0.3, -0.25) is 9.69 Å². The molecule has 1 fully saturated rings. The molecule has 0 radical (unpaired) electrons. The van der Waals surface area contributed by atoms with E-state index in [4.69, 9.17) is 4.74 Å². The molecule has 1 N–H and O–H groups in total. The van der Waals surface area contributed by atoms with Crippen molar-refractivity contribution in [2.24, 2.45) is 0 Å². The number of amides is 1. The molecule has 32 heavy (non-hydrogen) atoms. The summed E-state index contributed by atoms with van der Waals surface area (Å²) in [7, 11) is 0. The molecule has 0 saturated carbocycles. The molecule has 0 aliphatic carbocycles. The molecule has 0 bridgehead atoms. The molecule has 2 aliphatic heterocycles. The first-order chi connectivity index (χ1) is 15.0. The quantitative estimate of drug-likeness (QED) is 0.684. The number of thioether (sulfide) groups is 1. The van der Waals surface area contributed by atoms with Crippen molar-refractivity contribution in [2.75, 3.05) is 19.6 Å². The Morgan fingerprint density at radius 3 is 2.53 bits per heavy atom. The average Bonchev–Trinajstić information content (AvgIpc) is 2.70. The van der Waals surface area contributed by atoms with Crippen molar-refractivity contribution in [1.82, 2.24) is 9.80 Å². The van der Waals surface area contributed by atoms with Crippen LogP contribution in [0.25, 0.3) is 0 Å². The van der Waals surface area contributed by atoms with Crippen LogP contribution in [0.15, 0.2) is 53.4 Å². The van der Waals surface area contributed by atoms with Gasteiger partial charge >= 0.3 is 5.51 Å². The Kier molecular flexibility index (Phi) is 6.17. The van der Waals surface area contributed by atoms with Crippen LogP contribution in [-0.4, -0.2) is 57.7 Å². The minimum Gasteiger partial charge on any atom is -0.485 e. The summed E-state index contributed by atoms with van der Waals surface area (Å²) in [6, 6.07) is 13.2. The van der Waals surface area contributed by atoms with Gasteiger partial charge in [-0.25, -0.2) is 0 Å². The summed E-state index contributed by atoms with van der Waals surface area (Å²) in [6.07, 6.45) is -1.09. The zero-order chi connectivity index (χ0) is 23.1. The number of alkyl halides is 3. The molecule has 2 aliphatic rings. The first-order valence-electron chi connectivity index (χ1n) is 10.4. The predicted octanol–water partition coefficient (Wildman–Crippen LogP) is 4.22. The molecule has 2 atom stereocenters. The second-order valence-corrected chi connectivity index (χ2v) is 9.76. The van der Waals surface area contributed by atoms with Crippen LogP contribution >= 0.6 is 11.8 Å². The van der Waals surface area contributed by atoms with Crippen LogP contribution in [-0.2, 0) is 11.3 Å². The number of rotatable bonds is 4. The third-order valence-corrected chi connectivity index (χ3v) is 6.56. The molecule has 172 valence electrons. The summed E-state index contributed by atoms with van der Waals surface area (Å²) in [5.74, 6) is 0.213. The van der Waals surface area contributed by atoms with E-state index in [9.17, 15) is 23.1 Å². The Bertz CT molecular complexity index is 984. The van der Waals surface area contributed by atoms with Gasteiger partial charge in [0.2, 0.25) is 5.91 Å². The van der Waals surface area contributed by atoms with E-state index in [0.717, 1.165) is 5.56 Å². The van der Waals surface area contributed by atoms with Crippen molar-refractivity contribution in [3.8, 4) is 5.75 Å². The van der Waals surface area contributed by atoms with Crippen LogP contribution in [0, 0.1) is 0 Å². The molecule has 0 aromatic heterocycles. The molecule has 1 saturated heterocycles. The number of hydrogen-bond donors (Lipinski definition) is 1. The molecule has 5 nitrogen and oxygen atoms in total. The van der Waals surface area contributed by atoms with E-state index in [0.29, 0.717) is 30.9 Å². The average molecular weight is 467 g/mol. The maximum Gasteiger partial charge on any atom is 0.446 e.